The summed E-state index contributed by atoms with van der Waals surface area (Å²) in [6.07, 6.45) is 3.51. The van der Waals surface area contributed by atoms with E-state index in [-0.39, 0.29) is 11.9 Å². The number of benzene rings is 1. The van der Waals surface area contributed by atoms with Crippen LogP contribution in [0.5, 0.6) is 5.75 Å². The normalized spacial score (nSPS) is 16.2. The van der Waals surface area contributed by atoms with Gasteiger partial charge in [-0.3, -0.25) is 14.7 Å². The van der Waals surface area contributed by atoms with Crippen molar-refractivity contribution in [2.24, 2.45) is 0 Å². The first-order valence-electron chi connectivity index (χ1n) is 8.97. The molecule has 6 heteroatoms. The zero-order chi connectivity index (χ0) is 18.4. The molecule has 1 aliphatic heterocycles. The fraction of sp³-hybridized carbons (Fsp3) is 0.400. The van der Waals surface area contributed by atoms with Crippen molar-refractivity contribution in [1.82, 2.24) is 15.2 Å². The van der Waals surface area contributed by atoms with E-state index in [2.05, 4.69) is 32.2 Å². The van der Waals surface area contributed by atoms with Crippen molar-refractivity contribution >= 4 is 11.6 Å². The van der Waals surface area contributed by atoms with Gasteiger partial charge in [0.15, 0.2) is 0 Å². The van der Waals surface area contributed by atoms with Crippen LogP contribution in [0.4, 0.5) is 5.69 Å². The molecule has 2 aromatic rings. The third-order valence-electron chi connectivity index (χ3n) is 4.85. The van der Waals surface area contributed by atoms with Crippen LogP contribution >= 0.6 is 0 Å². The van der Waals surface area contributed by atoms with Crippen molar-refractivity contribution < 1.29 is 9.53 Å². The first kappa shape index (κ1) is 18.2. The van der Waals surface area contributed by atoms with E-state index in [9.17, 15) is 4.79 Å². The lowest BCUT2D eigenvalue weighted by atomic mass is 10.2. The second-order valence-corrected chi connectivity index (χ2v) is 6.48. The molecule has 6 nitrogen and oxygen atoms in total. The average Bonchev–Trinajstić information content (AvgIpc) is 2.72. The van der Waals surface area contributed by atoms with Gasteiger partial charge in [0.1, 0.15) is 5.75 Å². The molecule has 1 aromatic carbocycles. The molecule has 0 spiro atoms. The van der Waals surface area contributed by atoms with Crippen molar-refractivity contribution in [3.05, 3.63) is 54.4 Å². The van der Waals surface area contributed by atoms with Crippen molar-refractivity contribution in [2.45, 2.75) is 19.5 Å². The number of nitrogens with one attached hydrogen (secondary N) is 1. The van der Waals surface area contributed by atoms with E-state index in [1.165, 1.54) is 0 Å². The van der Waals surface area contributed by atoms with Crippen LogP contribution in [-0.4, -0.2) is 55.1 Å². The fourth-order valence-corrected chi connectivity index (χ4v) is 3.18. The predicted molar refractivity (Wildman–Crippen MR) is 102 cm³/mol. The Hall–Kier alpha value is -2.60. The zero-order valence-electron chi connectivity index (χ0n) is 15.4. The smallest absolute Gasteiger partial charge is 0.237 e. The van der Waals surface area contributed by atoms with Crippen LogP contribution in [0.15, 0.2) is 48.8 Å². The molecule has 0 radical (unpaired) electrons. The van der Waals surface area contributed by atoms with Gasteiger partial charge < -0.3 is 15.0 Å². The van der Waals surface area contributed by atoms with Crippen molar-refractivity contribution in [1.29, 1.82) is 0 Å². The molecule has 1 fully saturated rings. The van der Waals surface area contributed by atoms with Crippen LogP contribution in [0.3, 0.4) is 0 Å². The van der Waals surface area contributed by atoms with E-state index in [1.54, 1.807) is 19.5 Å². The monoisotopic (exact) mass is 354 g/mol. The number of methoxy groups -OCH3 is 1. The van der Waals surface area contributed by atoms with E-state index in [0.717, 1.165) is 43.2 Å². The molecule has 1 N–H and O–H groups in total. The first-order valence-corrected chi connectivity index (χ1v) is 8.97. The molecule has 0 saturated carbocycles. The van der Waals surface area contributed by atoms with E-state index < -0.39 is 0 Å². The summed E-state index contributed by atoms with van der Waals surface area (Å²) in [5.41, 5.74) is 2.17. The van der Waals surface area contributed by atoms with E-state index in [0.29, 0.717) is 6.54 Å². The molecule has 2 heterocycles. The summed E-state index contributed by atoms with van der Waals surface area (Å²) in [5.74, 6) is 0.928. The number of hydrogen-bond donors (Lipinski definition) is 1. The third-order valence-corrected chi connectivity index (χ3v) is 4.85. The van der Waals surface area contributed by atoms with Crippen LogP contribution in [0.1, 0.15) is 12.5 Å². The minimum Gasteiger partial charge on any atom is -0.497 e. The lowest BCUT2D eigenvalue weighted by Crippen LogP contribution is -2.53. The van der Waals surface area contributed by atoms with Crippen molar-refractivity contribution in [2.75, 3.05) is 38.2 Å². The van der Waals surface area contributed by atoms with Gasteiger partial charge in [-0.25, -0.2) is 0 Å². The maximum atomic E-state index is 12.4. The molecule has 3 rings (SSSR count). The Morgan fingerprint density at radius 1 is 1.23 bits per heavy atom. The molecule has 1 aliphatic rings. The number of anilines is 1. The third kappa shape index (κ3) is 4.52. The maximum Gasteiger partial charge on any atom is 0.237 e. The highest BCUT2D eigenvalue weighted by atomic mass is 16.5. The standard InChI is InChI=1S/C20H26N4O2/c1-16(20(25)22-15-17-5-4-8-21-14-17)23-9-11-24(12-10-23)18-6-3-7-19(13-18)26-2/h3-8,13-14,16H,9-12,15H2,1-2H3,(H,22,25). The van der Waals surface area contributed by atoms with Crippen molar-refractivity contribution in [3.8, 4) is 5.75 Å². The summed E-state index contributed by atoms with van der Waals surface area (Å²) in [4.78, 5) is 21.1. The van der Waals surface area contributed by atoms with Gasteiger partial charge in [0.25, 0.3) is 0 Å². The molecule has 1 unspecified atom stereocenters. The summed E-state index contributed by atoms with van der Waals surface area (Å²) in [6.45, 7) is 6.00. The summed E-state index contributed by atoms with van der Waals surface area (Å²) < 4.78 is 5.31. The fourth-order valence-electron chi connectivity index (χ4n) is 3.18. The minimum atomic E-state index is -0.140. The topological polar surface area (TPSA) is 57.7 Å². The van der Waals surface area contributed by atoms with Gasteiger partial charge in [-0.1, -0.05) is 12.1 Å². The molecule has 1 aromatic heterocycles. The number of aromatic nitrogens is 1. The van der Waals surface area contributed by atoms with Crippen LogP contribution in [0.25, 0.3) is 0 Å². The Bertz CT molecular complexity index is 715. The number of hydrogen-bond acceptors (Lipinski definition) is 5. The number of carbonyl (C=O) groups is 1. The summed E-state index contributed by atoms with van der Waals surface area (Å²) >= 11 is 0. The summed E-state index contributed by atoms with van der Waals surface area (Å²) in [6, 6.07) is 11.8. The predicted octanol–water partition coefficient (Wildman–Crippen LogP) is 1.92. The average molecular weight is 354 g/mol. The van der Waals surface area contributed by atoms with Crippen LogP contribution in [0, 0.1) is 0 Å². The van der Waals surface area contributed by atoms with Crippen LogP contribution < -0.4 is 15.0 Å². The minimum absolute atomic E-state index is 0.0590. The van der Waals surface area contributed by atoms with Gasteiger partial charge in [0.05, 0.1) is 13.2 Å². The lowest BCUT2D eigenvalue weighted by Gasteiger charge is -2.38. The molecule has 138 valence electrons. The van der Waals surface area contributed by atoms with E-state index >= 15 is 0 Å². The van der Waals surface area contributed by atoms with Crippen molar-refractivity contribution in [3.63, 3.8) is 0 Å². The molecule has 0 aliphatic carbocycles. The Labute approximate surface area is 154 Å². The largest absolute Gasteiger partial charge is 0.497 e. The number of amides is 1. The molecule has 0 bridgehead atoms. The molecular weight excluding hydrogens is 328 g/mol. The Morgan fingerprint density at radius 3 is 2.73 bits per heavy atom. The number of rotatable bonds is 6. The SMILES string of the molecule is COc1cccc(N2CCN(C(C)C(=O)NCc3cccnc3)CC2)c1. The molecule has 1 amide bonds. The van der Waals surface area contributed by atoms with E-state index in [1.807, 2.05) is 31.2 Å². The van der Waals surface area contributed by atoms with Gasteiger partial charge in [-0.2, -0.15) is 0 Å². The van der Waals surface area contributed by atoms with Crippen LogP contribution in [-0.2, 0) is 11.3 Å². The summed E-state index contributed by atoms with van der Waals surface area (Å²) in [5, 5.41) is 3.00. The Morgan fingerprint density at radius 2 is 2.04 bits per heavy atom. The lowest BCUT2D eigenvalue weighted by molar-refractivity contribution is -0.126. The van der Waals surface area contributed by atoms with Gasteiger partial charge in [0, 0.05) is 56.9 Å². The van der Waals surface area contributed by atoms with E-state index in [4.69, 9.17) is 4.74 Å². The van der Waals surface area contributed by atoms with Gasteiger partial charge in [0.2, 0.25) is 5.91 Å². The molecule has 1 atom stereocenters. The highest BCUT2D eigenvalue weighted by Gasteiger charge is 2.25. The van der Waals surface area contributed by atoms with Crippen LogP contribution in [0.2, 0.25) is 0 Å². The molecular formula is C20H26N4O2. The van der Waals surface area contributed by atoms with Gasteiger partial charge in [-0.15, -0.1) is 0 Å². The Kier molecular flexibility index (Phi) is 6.07. The summed E-state index contributed by atoms with van der Waals surface area (Å²) in [7, 11) is 1.68. The highest BCUT2D eigenvalue weighted by molar-refractivity contribution is 5.81. The number of nitrogens with zero attached hydrogens (tertiary/aromatic N) is 3. The quantitative estimate of drug-likeness (QED) is 0.859. The molecule has 26 heavy (non-hydrogen) atoms. The second kappa shape index (κ2) is 8.67. The highest BCUT2D eigenvalue weighted by Crippen LogP contribution is 2.22. The van der Waals surface area contributed by atoms with Gasteiger partial charge in [-0.05, 0) is 30.7 Å². The zero-order valence-corrected chi connectivity index (χ0v) is 15.4. The maximum absolute atomic E-state index is 12.4. The first-order chi connectivity index (χ1) is 12.7. The molecule has 1 saturated heterocycles. The number of ether oxygens (including phenoxy) is 1. The number of piperazine rings is 1. The number of carbonyl (C=O) groups excluding carboxylic acids is 1. The Balaban J connectivity index is 1.49. The van der Waals surface area contributed by atoms with Gasteiger partial charge >= 0.3 is 0 Å². The second-order valence-electron chi connectivity index (χ2n) is 6.48. The number of pyridine rings is 1.